The molecule has 0 bridgehead atoms. The van der Waals surface area contributed by atoms with Crippen LogP contribution in [-0.4, -0.2) is 15.8 Å². The predicted octanol–water partition coefficient (Wildman–Crippen LogP) is 5.46. The fourth-order valence-corrected chi connectivity index (χ4v) is 3.86. The Labute approximate surface area is 176 Å². The Morgan fingerprint density at radius 1 is 1.17 bits per heavy atom. The second-order valence-electron chi connectivity index (χ2n) is 6.72. The van der Waals surface area contributed by atoms with Gasteiger partial charge in [0, 0.05) is 35.2 Å². The largest absolute Gasteiger partial charge is 0.451 e. The van der Waals surface area contributed by atoms with Gasteiger partial charge < -0.3 is 4.42 Å². The molecule has 4 rings (SSSR count). The van der Waals surface area contributed by atoms with Gasteiger partial charge in [0.2, 0.25) is 0 Å². The fourth-order valence-electron chi connectivity index (χ4n) is 3.02. The summed E-state index contributed by atoms with van der Waals surface area (Å²) in [6.45, 7) is 2.05. The van der Waals surface area contributed by atoms with Crippen LogP contribution < -0.4 is 5.32 Å². The minimum Gasteiger partial charge on any atom is -0.451 e. The van der Waals surface area contributed by atoms with Gasteiger partial charge in [-0.1, -0.05) is 42.0 Å². The Morgan fingerprint density at radius 3 is 2.80 bits per heavy atom. The van der Waals surface area contributed by atoms with Crippen LogP contribution in [0, 0.1) is 17.0 Å². The number of aromatic nitrogens is 1. The van der Waals surface area contributed by atoms with Crippen molar-refractivity contribution < 1.29 is 14.1 Å². The molecule has 2 heterocycles. The van der Waals surface area contributed by atoms with Gasteiger partial charge in [0.15, 0.2) is 10.9 Å². The fraction of sp³-hybridized carbons (Fsp3) is 0.0909. The number of rotatable bonds is 6. The molecule has 2 aromatic heterocycles. The van der Waals surface area contributed by atoms with E-state index in [9.17, 15) is 14.9 Å². The summed E-state index contributed by atoms with van der Waals surface area (Å²) in [5.41, 5.74) is 2.86. The number of amides is 1. The average molecular weight is 419 g/mol. The summed E-state index contributed by atoms with van der Waals surface area (Å²) in [6, 6.07) is 17.4. The van der Waals surface area contributed by atoms with E-state index in [2.05, 4.69) is 22.4 Å². The Kier molecular flexibility index (Phi) is 5.40. The van der Waals surface area contributed by atoms with Crippen molar-refractivity contribution in [2.75, 3.05) is 5.32 Å². The molecule has 0 saturated heterocycles. The average Bonchev–Trinajstić information content (AvgIpc) is 3.38. The molecule has 2 aromatic carbocycles. The molecular formula is C22H17N3O4S. The van der Waals surface area contributed by atoms with Gasteiger partial charge in [0.25, 0.3) is 11.6 Å². The highest BCUT2D eigenvalue weighted by atomic mass is 32.1. The molecule has 0 saturated carbocycles. The summed E-state index contributed by atoms with van der Waals surface area (Å²) < 4.78 is 5.60. The molecule has 0 fully saturated rings. The molecule has 8 heteroatoms. The van der Waals surface area contributed by atoms with E-state index >= 15 is 0 Å². The second-order valence-corrected chi connectivity index (χ2v) is 7.84. The number of benzene rings is 2. The van der Waals surface area contributed by atoms with Gasteiger partial charge in [-0.25, -0.2) is 4.98 Å². The second kappa shape index (κ2) is 8.30. The summed E-state index contributed by atoms with van der Waals surface area (Å²) in [7, 11) is 0. The highest BCUT2D eigenvalue weighted by molar-refractivity contribution is 7.15. The molecule has 0 atom stereocenters. The van der Waals surface area contributed by atoms with Gasteiger partial charge >= 0.3 is 0 Å². The third-order valence-electron chi connectivity index (χ3n) is 4.41. The molecule has 0 aliphatic carbocycles. The Balaban J connectivity index is 1.44. The van der Waals surface area contributed by atoms with Crippen LogP contribution in [0.5, 0.6) is 0 Å². The van der Waals surface area contributed by atoms with E-state index in [0.29, 0.717) is 16.5 Å². The topological polar surface area (TPSA) is 98.3 Å². The van der Waals surface area contributed by atoms with E-state index in [1.807, 2.05) is 19.1 Å². The lowest BCUT2D eigenvalue weighted by Gasteiger charge is -2.00. The van der Waals surface area contributed by atoms with Crippen LogP contribution in [0.2, 0.25) is 0 Å². The molecule has 4 aromatic rings. The number of carbonyl (C=O) groups excluding carboxylic acids is 1. The number of hydrogen-bond donors (Lipinski definition) is 1. The quantitative estimate of drug-likeness (QED) is 0.330. The van der Waals surface area contributed by atoms with Gasteiger partial charge in [-0.3, -0.25) is 20.2 Å². The van der Waals surface area contributed by atoms with Crippen molar-refractivity contribution in [3.8, 4) is 11.3 Å². The smallest absolute Gasteiger partial charge is 0.293 e. The van der Waals surface area contributed by atoms with Crippen molar-refractivity contribution in [1.82, 2.24) is 4.98 Å². The number of hydrogen-bond acceptors (Lipinski definition) is 6. The van der Waals surface area contributed by atoms with Crippen molar-refractivity contribution >= 4 is 28.1 Å². The number of aryl methyl sites for hydroxylation is 1. The van der Waals surface area contributed by atoms with Gasteiger partial charge in [0.05, 0.1) is 4.92 Å². The first kappa shape index (κ1) is 19.5. The Morgan fingerprint density at radius 2 is 2.00 bits per heavy atom. The zero-order valence-electron chi connectivity index (χ0n) is 16.0. The lowest BCUT2D eigenvalue weighted by atomic mass is 10.1. The van der Waals surface area contributed by atoms with E-state index in [4.69, 9.17) is 4.42 Å². The van der Waals surface area contributed by atoms with Gasteiger partial charge in [0.1, 0.15) is 5.76 Å². The summed E-state index contributed by atoms with van der Waals surface area (Å²) in [5.74, 6) is 0.0539. The minimum atomic E-state index is -0.475. The number of nitro groups is 1. The van der Waals surface area contributed by atoms with E-state index in [1.165, 1.54) is 40.7 Å². The van der Waals surface area contributed by atoms with E-state index in [-0.39, 0.29) is 11.4 Å². The van der Waals surface area contributed by atoms with Crippen LogP contribution in [0.1, 0.15) is 26.6 Å². The number of carbonyl (C=O) groups is 1. The predicted molar refractivity (Wildman–Crippen MR) is 115 cm³/mol. The molecule has 0 aliphatic rings. The first-order valence-corrected chi connectivity index (χ1v) is 9.96. The van der Waals surface area contributed by atoms with Crippen LogP contribution in [0.4, 0.5) is 10.8 Å². The summed E-state index contributed by atoms with van der Waals surface area (Å²) in [5, 5.41) is 14.2. The Bertz CT molecular complexity index is 1230. The first-order valence-electron chi connectivity index (χ1n) is 9.14. The van der Waals surface area contributed by atoms with Crippen molar-refractivity contribution in [2.45, 2.75) is 13.3 Å². The molecule has 30 heavy (non-hydrogen) atoms. The number of thiazole rings is 1. The minimum absolute atomic E-state index is 0.0428. The lowest BCUT2D eigenvalue weighted by Crippen LogP contribution is -2.10. The van der Waals surface area contributed by atoms with Crippen LogP contribution in [0.15, 0.2) is 71.3 Å². The van der Waals surface area contributed by atoms with Crippen LogP contribution in [-0.2, 0) is 6.42 Å². The molecular weight excluding hydrogens is 402 g/mol. The maximum absolute atomic E-state index is 12.5. The highest BCUT2D eigenvalue weighted by Crippen LogP contribution is 2.27. The zero-order valence-corrected chi connectivity index (χ0v) is 16.8. The number of non-ortho nitro benzene ring substituents is 1. The molecule has 0 aliphatic heterocycles. The number of anilines is 1. The standard InChI is InChI=1S/C22H17N3O4S/c1-14-4-2-5-15(10-14)11-18-13-23-22(30-18)24-21(26)20-9-8-19(29-20)16-6-3-7-17(12-16)25(27)28/h2-10,12-13H,11H2,1H3,(H,23,24,26). The first-order chi connectivity index (χ1) is 14.5. The lowest BCUT2D eigenvalue weighted by molar-refractivity contribution is -0.384. The van der Waals surface area contributed by atoms with Gasteiger partial charge in [-0.15, -0.1) is 11.3 Å². The van der Waals surface area contributed by atoms with E-state index in [0.717, 1.165) is 11.3 Å². The summed E-state index contributed by atoms with van der Waals surface area (Å²) >= 11 is 1.41. The number of nitrogens with zero attached hydrogens (tertiary/aromatic N) is 2. The van der Waals surface area contributed by atoms with Crippen molar-refractivity contribution in [1.29, 1.82) is 0 Å². The molecule has 150 valence electrons. The van der Waals surface area contributed by atoms with E-state index < -0.39 is 10.8 Å². The third kappa shape index (κ3) is 4.44. The summed E-state index contributed by atoms with van der Waals surface area (Å²) in [6.07, 6.45) is 2.49. The SMILES string of the molecule is Cc1cccc(Cc2cnc(NC(=O)c3ccc(-c4cccc([N+](=O)[O-])c4)o3)s2)c1. The van der Waals surface area contributed by atoms with Crippen molar-refractivity contribution in [2.24, 2.45) is 0 Å². The van der Waals surface area contributed by atoms with Crippen molar-refractivity contribution in [3.63, 3.8) is 0 Å². The normalized spacial score (nSPS) is 10.7. The molecule has 7 nitrogen and oxygen atoms in total. The van der Waals surface area contributed by atoms with Gasteiger partial charge in [-0.2, -0.15) is 0 Å². The highest BCUT2D eigenvalue weighted by Gasteiger charge is 2.16. The van der Waals surface area contributed by atoms with Gasteiger partial charge in [-0.05, 0) is 24.6 Å². The third-order valence-corrected chi connectivity index (χ3v) is 5.32. The zero-order chi connectivity index (χ0) is 21.1. The van der Waals surface area contributed by atoms with Crippen LogP contribution in [0.3, 0.4) is 0 Å². The molecule has 0 radical (unpaired) electrons. The van der Waals surface area contributed by atoms with Crippen LogP contribution in [0.25, 0.3) is 11.3 Å². The maximum Gasteiger partial charge on any atom is 0.293 e. The summed E-state index contributed by atoms with van der Waals surface area (Å²) in [4.78, 5) is 28.3. The molecule has 1 amide bonds. The maximum atomic E-state index is 12.5. The van der Waals surface area contributed by atoms with Crippen LogP contribution >= 0.6 is 11.3 Å². The molecule has 0 unspecified atom stereocenters. The number of furan rings is 1. The van der Waals surface area contributed by atoms with Crippen molar-refractivity contribution in [3.05, 3.63) is 98.7 Å². The number of nitrogens with one attached hydrogen (secondary N) is 1. The Hall–Kier alpha value is -3.78. The number of nitro benzene ring substituents is 1. The van der Waals surface area contributed by atoms with E-state index in [1.54, 1.807) is 24.4 Å². The monoisotopic (exact) mass is 419 g/mol. The molecule has 0 spiro atoms. The molecule has 1 N–H and O–H groups in total.